The first-order valence-corrected chi connectivity index (χ1v) is 9.62. The van der Waals surface area contributed by atoms with Gasteiger partial charge in [0.1, 0.15) is 5.82 Å². The molecule has 0 aliphatic rings. The summed E-state index contributed by atoms with van der Waals surface area (Å²) in [7, 11) is 1.87. The highest BCUT2D eigenvalue weighted by Gasteiger charge is 2.11. The molecule has 0 aliphatic carbocycles. The van der Waals surface area contributed by atoms with E-state index in [4.69, 9.17) is 28.6 Å². The van der Waals surface area contributed by atoms with Crippen molar-refractivity contribution in [1.82, 2.24) is 14.7 Å². The van der Waals surface area contributed by atoms with Gasteiger partial charge in [-0.1, -0.05) is 29.0 Å². The van der Waals surface area contributed by atoms with E-state index in [1.165, 1.54) is 17.4 Å². The summed E-state index contributed by atoms with van der Waals surface area (Å²) < 4.78 is 21.6. The number of hydrogen-bond acceptors (Lipinski definition) is 6. The Balaban J connectivity index is 1.90. The Labute approximate surface area is 161 Å². The minimum atomic E-state index is -0.308. The molecule has 25 heavy (non-hydrogen) atoms. The van der Waals surface area contributed by atoms with Gasteiger partial charge in [0.15, 0.2) is 3.95 Å². The van der Waals surface area contributed by atoms with Crippen LogP contribution < -0.4 is 5.32 Å². The monoisotopic (exact) mass is 404 g/mol. The standard InChI is InChI=1S/C16H22ClFN4OS2/c1-3-23-9-5-8-19-15-20-22(16(24)25-15)11-21(2)10-12-13(17)6-4-7-14(12)18/h4,6-7H,3,5,8-11H2,1-2H3,(H,19,20). The molecule has 0 bridgehead atoms. The first kappa shape index (κ1) is 20.3. The van der Waals surface area contributed by atoms with Crippen molar-refractivity contribution in [3.63, 3.8) is 0 Å². The van der Waals surface area contributed by atoms with Crippen LogP contribution in [0.15, 0.2) is 18.2 Å². The molecule has 0 amide bonds. The molecule has 0 radical (unpaired) electrons. The molecule has 0 spiro atoms. The Kier molecular flexibility index (Phi) is 8.25. The number of benzene rings is 1. The molecule has 0 saturated heterocycles. The number of aromatic nitrogens is 2. The fourth-order valence-corrected chi connectivity index (χ4v) is 3.45. The Morgan fingerprint density at radius 1 is 1.48 bits per heavy atom. The van der Waals surface area contributed by atoms with Crippen LogP contribution in [0.3, 0.4) is 0 Å². The molecule has 5 nitrogen and oxygen atoms in total. The van der Waals surface area contributed by atoms with Gasteiger partial charge in [0.2, 0.25) is 5.13 Å². The smallest absolute Gasteiger partial charge is 0.204 e. The van der Waals surface area contributed by atoms with E-state index < -0.39 is 0 Å². The van der Waals surface area contributed by atoms with Crippen LogP contribution in [0.1, 0.15) is 18.9 Å². The van der Waals surface area contributed by atoms with Crippen LogP contribution in [0.25, 0.3) is 0 Å². The van der Waals surface area contributed by atoms with Crippen molar-refractivity contribution in [2.24, 2.45) is 0 Å². The fraction of sp³-hybridized carbons (Fsp3) is 0.500. The Morgan fingerprint density at radius 2 is 2.28 bits per heavy atom. The summed E-state index contributed by atoms with van der Waals surface area (Å²) in [4.78, 5) is 1.92. The summed E-state index contributed by atoms with van der Waals surface area (Å²) in [6.45, 7) is 5.05. The number of ether oxygens (including phenoxy) is 1. The highest BCUT2D eigenvalue weighted by atomic mass is 35.5. The summed E-state index contributed by atoms with van der Waals surface area (Å²) in [5.41, 5.74) is 0.475. The van der Waals surface area contributed by atoms with Crippen molar-refractivity contribution < 1.29 is 9.13 Å². The van der Waals surface area contributed by atoms with E-state index >= 15 is 0 Å². The Hall–Kier alpha value is -1.06. The number of nitrogens with one attached hydrogen (secondary N) is 1. The molecule has 1 aromatic heterocycles. The third-order valence-corrected chi connectivity index (χ3v) is 5.04. The molecule has 1 N–H and O–H groups in total. The predicted octanol–water partition coefficient (Wildman–Crippen LogP) is 4.39. The minimum Gasteiger partial charge on any atom is -0.382 e. The lowest BCUT2D eigenvalue weighted by Crippen LogP contribution is -2.23. The van der Waals surface area contributed by atoms with Crippen molar-refractivity contribution >= 4 is 40.3 Å². The van der Waals surface area contributed by atoms with Gasteiger partial charge in [0, 0.05) is 36.9 Å². The number of anilines is 1. The first-order valence-electron chi connectivity index (χ1n) is 8.02. The molecule has 0 saturated carbocycles. The van der Waals surface area contributed by atoms with Gasteiger partial charge < -0.3 is 10.1 Å². The van der Waals surface area contributed by atoms with Gasteiger partial charge in [0.05, 0.1) is 6.67 Å². The largest absolute Gasteiger partial charge is 0.382 e. The van der Waals surface area contributed by atoms with Crippen LogP contribution in [-0.2, 0) is 18.0 Å². The van der Waals surface area contributed by atoms with Gasteiger partial charge in [-0.05, 0) is 44.7 Å². The molecule has 138 valence electrons. The lowest BCUT2D eigenvalue weighted by molar-refractivity contribution is 0.147. The lowest BCUT2D eigenvalue weighted by atomic mass is 10.2. The second-order valence-electron chi connectivity index (χ2n) is 5.51. The topological polar surface area (TPSA) is 42.3 Å². The molecule has 0 unspecified atom stereocenters. The summed E-state index contributed by atoms with van der Waals surface area (Å²) in [6.07, 6.45) is 0.909. The summed E-state index contributed by atoms with van der Waals surface area (Å²) in [5.74, 6) is -0.308. The van der Waals surface area contributed by atoms with E-state index in [0.717, 1.165) is 31.3 Å². The molecule has 2 rings (SSSR count). The van der Waals surface area contributed by atoms with Crippen molar-refractivity contribution in [2.45, 2.75) is 26.6 Å². The van der Waals surface area contributed by atoms with E-state index in [2.05, 4.69) is 10.4 Å². The van der Waals surface area contributed by atoms with E-state index in [0.29, 0.717) is 27.8 Å². The van der Waals surface area contributed by atoms with Crippen LogP contribution in [0.2, 0.25) is 5.02 Å². The third-order valence-electron chi connectivity index (χ3n) is 3.42. The van der Waals surface area contributed by atoms with Gasteiger partial charge >= 0.3 is 0 Å². The van der Waals surface area contributed by atoms with Gasteiger partial charge in [-0.2, -0.15) is 0 Å². The highest BCUT2D eigenvalue weighted by molar-refractivity contribution is 7.73. The molecule has 0 atom stereocenters. The number of rotatable bonds is 10. The summed E-state index contributed by atoms with van der Waals surface area (Å²) in [5, 5.41) is 8.91. The molecular formula is C16H22ClFN4OS2. The van der Waals surface area contributed by atoms with Crippen LogP contribution in [0.5, 0.6) is 0 Å². The van der Waals surface area contributed by atoms with E-state index in [-0.39, 0.29) is 5.82 Å². The van der Waals surface area contributed by atoms with Crippen LogP contribution in [-0.4, -0.2) is 41.5 Å². The van der Waals surface area contributed by atoms with E-state index in [1.54, 1.807) is 16.8 Å². The maximum Gasteiger partial charge on any atom is 0.204 e. The predicted molar refractivity (Wildman–Crippen MR) is 103 cm³/mol. The first-order chi connectivity index (χ1) is 12.0. The van der Waals surface area contributed by atoms with Gasteiger partial charge in [0.25, 0.3) is 0 Å². The van der Waals surface area contributed by atoms with Crippen molar-refractivity contribution in [3.8, 4) is 0 Å². The SMILES string of the molecule is CCOCCCNc1nn(CN(C)Cc2c(F)cccc2Cl)c(=S)s1. The second-order valence-corrected chi connectivity index (χ2v) is 7.54. The van der Waals surface area contributed by atoms with E-state index in [1.807, 2.05) is 18.9 Å². The van der Waals surface area contributed by atoms with Gasteiger partial charge in [-0.25, -0.2) is 9.07 Å². The van der Waals surface area contributed by atoms with Crippen LogP contribution in [0.4, 0.5) is 9.52 Å². The zero-order chi connectivity index (χ0) is 18.2. The average molecular weight is 405 g/mol. The Morgan fingerprint density at radius 3 is 3.00 bits per heavy atom. The van der Waals surface area contributed by atoms with Crippen molar-refractivity contribution in [3.05, 3.63) is 38.6 Å². The zero-order valence-electron chi connectivity index (χ0n) is 14.3. The van der Waals surface area contributed by atoms with Crippen molar-refractivity contribution in [1.29, 1.82) is 0 Å². The maximum absolute atomic E-state index is 13.9. The molecule has 0 aliphatic heterocycles. The average Bonchev–Trinajstić information content (AvgIpc) is 2.90. The lowest BCUT2D eigenvalue weighted by Gasteiger charge is -2.17. The Bertz CT molecular complexity index is 717. The minimum absolute atomic E-state index is 0.308. The maximum atomic E-state index is 13.9. The summed E-state index contributed by atoms with van der Waals surface area (Å²) >= 11 is 12.9. The van der Waals surface area contributed by atoms with Crippen LogP contribution >= 0.6 is 35.2 Å². The van der Waals surface area contributed by atoms with E-state index in [9.17, 15) is 4.39 Å². The third kappa shape index (κ3) is 6.31. The highest BCUT2D eigenvalue weighted by Crippen LogP contribution is 2.21. The summed E-state index contributed by atoms with van der Waals surface area (Å²) in [6, 6.07) is 4.70. The van der Waals surface area contributed by atoms with Crippen LogP contribution in [0, 0.1) is 9.77 Å². The van der Waals surface area contributed by atoms with Gasteiger partial charge in [-0.15, -0.1) is 5.10 Å². The number of nitrogens with zero attached hydrogens (tertiary/aromatic N) is 3. The second kappa shape index (κ2) is 10.2. The molecule has 0 fully saturated rings. The normalized spacial score (nSPS) is 11.2. The fourth-order valence-electron chi connectivity index (χ4n) is 2.21. The molecular weight excluding hydrogens is 383 g/mol. The van der Waals surface area contributed by atoms with Gasteiger partial charge in [-0.3, -0.25) is 4.90 Å². The van der Waals surface area contributed by atoms with Crippen molar-refractivity contribution in [2.75, 3.05) is 32.1 Å². The molecule has 1 aromatic carbocycles. The number of hydrogen-bond donors (Lipinski definition) is 1. The number of halogens is 2. The molecule has 1 heterocycles. The quantitative estimate of drug-likeness (QED) is 0.469. The molecule has 9 heteroatoms. The molecule has 2 aromatic rings. The zero-order valence-corrected chi connectivity index (χ0v) is 16.7.